The lowest BCUT2D eigenvalue weighted by atomic mass is 10.1. The van der Waals surface area contributed by atoms with Crippen LogP contribution in [0.5, 0.6) is 11.6 Å². The maximum atomic E-state index is 8.93. The molecular formula is C15H11ClN2O2. The molecule has 0 unspecified atom stereocenters. The van der Waals surface area contributed by atoms with Crippen molar-refractivity contribution in [3.63, 3.8) is 0 Å². The summed E-state index contributed by atoms with van der Waals surface area (Å²) in [7, 11) is 0. The molecule has 0 aliphatic heterocycles. The lowest BCUT2D eigenvalue weighted by Gasteiger charge is -2.09. The molecule has 0 bridgehead atoms. The molecule has 5 heteroatoms. The molecule has 3 aromatic rings. The second-order valence-electron chi connectivity index (χ2n) is 4.20. The van der Waals surface area contributed by atoms with Gasteiger partial charge in [-0.2, -0.15) is 0 Å². The highest BCUT2D eigenvalue weighted by Gasteiger charge is 2.07. The third-order valence-electron chi connectivity index (χ3n) is 2.89. The lowest BCUT2D eigenvalue weighted by Crippen LogP contribution is -1.94. The molecule has 20 heavy (non-hydrogen) atoms. The van der Waals surface area contributed by atoms with Gasteiger partial charge in [0.25, 0.3) is 0 Å². The average molecular weight is 287 g/mol. The largest absolute Gasteiger partial charge is 0.437 e. The summed E-state index contributed by atoms with van der Waals surface area (Å²) in [5.41, 5.74) is 0.498. The van der Waals surface area contributed by atoms with Gasteiger partial charge in [-0.05, 0) is 12.1 Å². The highest BCUT2D eigenvalue weighted by atomic mass is 35.5. The fourth-order valence-corrected chi connectivity index (χ4v) is 2.14. The summed E-state index contributed by atoms with van der Waals surface area (Å²) >= 11 is 6.16. The summed E-state index contributed by atoms with van der Waals surface area (Å²) in [6.07, 6.45) is 2.96. The van der Waals surface area contributed by atoms with Crippen LogP contribution in [0, 0.1) is 0 Å². The number of hydrogen-bond donors (Lipinski definition) is 1. The monoisotopic (exact) mass is 286 g/mol. The van der Waals surface area contributed by atoms with Gasteiger partial charge in [-0.3, -0.25) is 4.98 Å². The van der Waals surface area contributed by atoms with E-state index in [4.69, 9.17) is 21.4 Å². The van der Waals surface area contributed by atoms with Crippen LogP contribution in [0.3, 0.4) is 0 Å². The van der Waals surface area contributed by atoms with E-state index in [0.717, 1.165) is 10.8 Å². The van der Waals surface area contributed by atoms with Gasteiger partial charge in [0.2, 0.25) is 5.88 Å². The number of aliphatic hydroxyl groups is 1. The molecule has 0 atom stereocenters. The van der Waals surface area contributed by atoms with E-state index in [2.05, 4.69) is 9.97 Å². The normalized spacial score (nSPS) is 10.7. The highest BCUT2D eigenvalue weighted by molar-refractivity contribution is 6.35. The first-order chi connectivity index (χ1) is 9.78. The van der Waals surface area contributed by atoms with Crippen molar-refractivity contribution >= 4 is 22.4 Å². The topological polar surface area (TPSA) is 55.2 Å². The van der Waals surface area contributed by atoms with Gasteiger partial charge in [-0.15, -0.1) is 0 Å². The van der Waals surface area contributed by atoms with Gasteiger partial charge in [0.05, 0.1) is 24.7 Å². The molecular weight excluding hydrogens is 276 g/mol. The van der Waals surface area contributed by atoms with Crippen LogP contribution in [0.2, 0.25) is 5.02 Å². The molecule has 1 heterocycles. The van der Waals surface area contributed by atoms with Gasteiger partial charge in [0, 0.05) is 15.8 Å². The minimum atomic E-state index is -0.142. The second-order valence-corrected chi connectivity index (χ2v) is 4.60. The minimum absolute atomic E-state index is 0.142. The van der Waals surface area contributed by atoms with E-state index in [1.807, 2.05) is 24.3 Å². The smallest absolute Gasteiger partial charge is 0.237 e. The van der Waals surface area contributed by atoms with E-state index < -0.39 is 0 Å². The van der Waals surface area contributed by atoms with Crippen molar-refractivity contribution in [3.05, 3.63) is 59.5 Å². The lowest BCUT2D eigenvalue weighted by molar-refractivity contribution is 0.276. The first-order valence-electron chi connectivity index (χ1n) is 6.05. The number of aliphatic hydroxyl groups excluding tert-OH is 1. The predicted octanol–water partition coefficient (Wildman–Crippen LogP) is 3.57. The van der Waals surface area contributed by atoms with E-state index >= 15 is 0 Å². The molecule has 0 saturated carbocycles. The number of benzene rings is 2. The quantitative estimate of drug-likeness (QED) is 0.800. The third-order valence-corrected chi connectivity index (χ3v) is 3.22. The SMILES string of the molecule is OCc1cnc(Oc2ccc(Cl)c3ccccc23)cn1. The zero-order chi connectivity index (χ0) is 13.9. The first-order valence-corrected chi connectivity index (χ1v) is 6.42. The minimum Gasteiger partial charge on any atom is -0.437 e. The molecule has 0 aliphatic carbocycles. The summed E-state index contributed by atoms with van der Waals surface area (Å²) < 4.78 is 5.73. The zero-order valence-electron chi connectivity index (χ0n) is 10.5. The van der Waals surface area contributed by atoms with Crippen LogP contribution in [-0.4, -0.2) is 15.1 Å². The zero-order valence-corrected chi connectivity index (χ0v) is 11.2. The fourth-order valence-electron chi connectivity index (χ4n) is 1.91. The Bertz CT molecular complexity index is 744. The Morgan fingerprint density at radius 3 is 2.50 bits per heavy atom. The van der Waals surface area contributed by atoms with Gasteiger partial charge in [-0.1, -0.05) is 35.9 Å². The Hall–Kier alpha value is -2.17. The van der Waals surface area contributed by atoms with Crippen LogP contribution in [0.15, 0.2) is 48.8 Å². The second kappa shape index (κ2) is 5.45. The predicted molar refractivity (Wildman–Crippen MR) is 77.0 cm³/mol. The average Bonchev–Trinajstić information content (AvgIpc) is 2.51. The van der Waals surface area contributed by atoms with Crippen molar-refractivity contribution in [2.24, 2.45) is 0 Å². The van der Waals surface area contributed by atoms with Crippen molar-refractivity contribution in [2.45, 2.75) is 6.61 Å². The molecule has 4 nitrogen and oxygen atoms in total. The molecule has 0 saturated heterocycles. The number of hydrogen-bond acceptors (Lipinski definition) is 4. The number of fused-ring (bicyclic) bond motifs is 1. The molecule has 1 N–H and O–H groups in total. The summed E-state index contributed by atoms with van der Waals surface area (Å²) in [4.78, 5) is 8.12. The Labute approximate surface area is 120 Å². The molecule has 3 rings (SSSR count). The molecule has 0 aliphatic rings. The van der Waals surface area contributed by atoms with E-state index in [0.29, 0.717) is 22.3 Å². The summed E-state index contributed by atoms with van der Waals surface area (Å²) in [6.45, 7) is -0.142. The standard InChI is InChI=1S/C15H11ClN2O2/c16-13-5-6-14(12-4-2-1-3-11(12)13)20-15-8-17-10(9-19)7-18-15/h1-8,19H,9H2. The third kappa shape index (κ3) is 2.43. The van der Waals surface area contributed by atoms with Crippen LogP contribution in [0.4, 0.5) is 0 Å². The molecule has 0 spiro atoms. The number of aromatic nitrogens is 2. The van der Waals surface area contributed by atoms with Crippen molar-refractivity contribution in [2.75, 3.05) is 0 Å². The van der Waals surface area contributed by atoms with Crippen molar-refractivity contribution in [3.8, 4) is 11.6 Å². The summed E-state index contributed by atoms with van der Waals surface area (Å²) in [6, 6.07) is 11.3. The van der Waals surface area contributed by atoms with E-state index in [1.54, 1.807) is 12.1 Å². The molecule has 0 radical (unpaired) electrons. The molecule has 2 aromatic carbocycles. The van der Waals surface area contributed by atoms with Gasteiger partial charge in [0.1, 0.15) is 5.75 Å². The highest BCUT2D eigenvalue weighted by Crippen LogP contribution is 2.33. The van der Waals surface area contributed by atoms with Crippen molar-refractivity contribution < 1.29 is 9.84 Å². The number of ether oxygens (including phenoxy) is 1. The summed E-state index contributed by atoms with van der Waals surface area (Å²) in [5.74, 6) is 1.03. The van der Waals surface area contributed by atoms with Crippen molar-refractivity contribution in [1.29, 1.82) is 0 Å². The van der Waals surface area contributed by atoms with Gasteiger partial charge < -0.3 is 9.84 Å². The van der Waals surface area contributed by atoms with Crippen LogP contribution in [0.25, 0.3) is 10.8 Å². The maximum absolute atomic E-state index is 8.93. The van der Waals surface area contributed by atoms with Crippen molar-refractivity contribution in [1.82, 2.24) is 9.97 Å². The molecule has 1 aromatic heterocycles. The van der Waals surface area contributed by atoms with Crippen LogP contribution in [-0.2, 0) is 6.61 Å². The van der Waals surface area contributed by atoms with E-state index in [-0.39, 0.29) is 6.61 Å². The molecule has 0 fully saturated rings. The molecule has 100 valence electrons. The number of rotatable bonds is 3. The Balaban J connectivity index is 2.00. The van der Waals surface area contributed by atoms with Crippen LogP contribution < -0.4 is 4.74 Å². The number of halogens is 1. The van der Waals surface area contributed by atoms with Gasteiger partial charge in [0.15, 0.2) is 0 Å². The van der Waals surface area contributed by atoms with Gasteiger partial charge >= 0.3 is 0 Å². The summed E-state index contributed by atoms with van der Waals surface area (Å²) in [5, 5.41) is 11.4. The van der Waals surface area contributed by atoms with E-state index in [9.17, 15) is 0 Å². The fraction of sp³-hybridized carbons (Fsp3) is 0.0667. The Morgan fingerprint density at radius 2 is 1.80 bits per heavy atom. The Morgan fingerprint density at radius 1 is 1.00 bits per heavy atom. The number of nitrogens with zero attached hydrogens (tertiary/aromatic N) is 2. The maximum Gasteiger partial charge on any atom is 0.237 e. The Kier molecular flexibility index (Phi) is 3.50. The van der Waals surface area contributed by atoms with Crippen LogP contribution >= 0.6 is 11.6 Å². The van der Waals surface area contributed by atoms with Crippen LogP contribution in [0.1, 0.15) is 5.69 Å². The first kappa shape index (κ1) is 12.8. The molecule has 0 amide bonds. The van der Waals surface area contributed by atoms with E-state index in [1.165, 1.54) is 12.4 Å². The van der Waals surface area contributed by atoms with Gasteiger partial charge in [-0.25, -0.2) is 4.98 Å².